The Hall–Kier alpha value is -1.33. The van der Waals surface area contributed by atoms with Crippen molar-refractivity contribution in [3.8, 4) is 0 Å². The summed E-state index contributed by atoms with van der Waals surface area (Å²) in [6.45, 7) is 3.14. The van der Waals surface area contributed by atoms with Gasteiger partial charge in [-0.25, -0.2) is 9.78 Å². The molecule has 0 radical (unpaired) electrons. The van der Waals surface area contributed by atoms with E-state index in [9.17, 15) is 4.79 Å². The predicted molar refractivity (Wildman–Crippen MR) is 61.3 cm³/mol. The standard InChI is InChI=1S/C10H12ClN3O2/c11-8-2-1-7(10(15)16)9(13-8)14-5-3-12-4-6-14/h1-2,12H,3-6H2,(H,15,16). The number of carboxylic acids is 1. The highest BCUT2D eigenvalue weighted by Gasteiger charge is 2.19. The van der Waals surface area contributed by atoms with Crippen LogP contribution in [0, 0.1) is 0 Å². The SMILES string of the molecule is O=C(O)c1ccc(Cl)nc1N1CCNCC1. The summed E-state index contributed by atoms with van der Waals surface area (Å²) in [6, 6.07) is 2.99. The predicted octanol–water partition coefficient (Wildman–Crippen LogP) is 0.843. The third kappa shape index (κ3) is 2.25. The quantitative estimate of drug-likeness (QED) is 0.752. The van der Waals surface area contributed by atoms with Crippen LogP contribution in [0.2, 0.25) is 5.15 Å². The van der Waals surface area contributed by atoms with Gasteiger partial charge in [0, 0.05) is 26.2 Å². The molecule has 0 bridgehead atoms. The molecule has 2 heterocycles. The number of nitrogens with one attached hydrogen (secondary N) is 1. The van der Waals surface area contributed by atoms with Crippen molar-refractivity contribution >= 4 is 23.4 Å². The molecule has 0 aromatic carbocycles. The summed E-state index contributed by atoms with van der Waals surface area (Å²) in [5.41, 5.74) is 0.200. The highest BCUT2D eigenvalue weighted by atomic mass is 35.5. The second-order valence-electron chi connectivity index (χ2n) is 3.55. The number of aromatic nitrogens is 1. The highest BCUT2D eigenvalue weighted by Crippen LogP contribution is 2.21. The van der Waals surface area contributed by atoms with Gasteiger partial charge in [0.05, 0.1) is 0 Å². The minimum absolute atomic E-state index is 0.200. The lowest BCUT2D eigenvalue weighted by Gasteiger charge is -2.29. The van der Waals surface area contributed by atoms with Gasteiger partial charge in [-0.05, 0) is 12.1 Å². The first-order chi connectivity index (χ1) is 7.68. The van der Waals surface area contributed by atoms with Gasteiger partial charge in [0.2, 0.25) is 0 Å². The van der Waals surface area contributed by atoms with Crippen LogP contribution in [0.5, 0.6) is 0 Å². The molecule has 1 aliphatic heterocycles. The topological polar surface area (TPSA) is 65.5 Å². The lowest BCUT2D eigenvalue weighted by Crippen LogP contribution is -2.44. The van der Waals surface area contributed by atoms with Crippen molar-refractivity contribution in [2.24, 2.45) is 0 Å². The van der Waals surface area contributed by atoms with Gasteiger partial charge < -0.3 is 15.3 Å². The first-order valence-electron chi connectivity index (χ1n) is 5.04. The van der Waals surface area contributed by atoms with E-state index in [2.05, 4.69) is 10.3 Å². The summed E-state index contributed by atoms with van der Waals surface area (Å²) >= 11 is 5.79. The maximum absolute atomic E-state index is 11.1. The van der Waals surface area contributed by atoms with Crippen molar-refractivity contribution in [3.63, 3.8) is 0 Å². The maximum Gasteiger partial charge on any atom is 0.339 e. The maximum atomic E-state index is 11.1. The number of hydrogen-bond donors (Lipinski definition) is 2. The van der Waals surface area contributed by atoms with E-state index in [1.54, 1.807) is 0 Å². The number of carbonyl (C=O) groups is 1. The van der Waals surface area contributed by atoms with Crippen molar-refractivity contribution in [2.75, 3.05) is 31.1 Å². The average Bonchev–Trinajstić information content (AvgIpc) is 2.29. The van der Waals surface area contributed by atoms with E-state index in [4.69, 9.17) is 16.7 Å². The highest BCUT2D eigenvalue weighted by molar-refractivity contribution is 6.29. The molecule has 0 unspecified atom stereocenters. The number of nitrogens with zero attached hydrogens (tertiary/aromatic N) is 2. The Labute approximate surface area is 98.0 Å². The average molecular weight is 242 g/mol. The fraction of sp³-hybridized carbons (Fsp3) is 0.400. The summed E-state index contributed by atoms with van der Waals surface area (Å²) in [5.74, 6) is -0.515. The van der Waals surface area contributed by atoms with Gasteiger partial charge in [0.15, 0.2) is 0 Å². The van der Waals surface area contributed by atoms with E-state index in [1.165, 1.54) is 12.1 Å². The number of carboxylic acid groups (broad SMARTS) is 1. The molecule has 86 valence electrons. The van der Waals surface area contributed by atoms with Gasteiger partial charge in [-0.15, -0.1) is 0 Å². The molecule has 2 N–H and O–H groups in total. The fourth-order valence-corrected chi connectivity index (χ4v) is 1.85. The second kappa shape index (κ2) is 4.67. The number of aromatic carboxylic acids is 1. The Bertz CT molecular complexity index is 405. The number of rotatable bonds is 2. The largest absolute Gasteiger partial charge is 0.478 e. The van der Waals surface area contributed by atoms with Crippen LogP contribution in [0.15, 0.2) is 12.1 Å². The van der Waals surface area contributed by atoms with Gasteiger partial charge in [0.1, 0.15) is 16.5 Å². The molecule has 0 amide bonds. The van der Waals surface area contributed by atoms with Gasteiger partial charge in [-0.1, -0.05) is 11.6 Å². The van der Waals surface area contributed by atoms with Crippen LogP contribution in [0.4, 0.5) is 5.82 Å². The van der Waals surface area contributed by atoms with Crippen LogP contribution in [0.3, 0.4) is 0 Å². The van der Waals surface area contributed by atoms with Crippen molar-refractivity contribution in [2.45, 2.75) is 0 Å². The van der Waals surface area contributed by atoms with Gasteiger partial charge in [-0.2, -0.15) is 0 Å². The van der Waals surface area contributed by atoms with Crippen molar-refractivity contribution in [3.05, 3.63) is 22.8 Å². The van der Waals surface area contributed by atoms with Crippen LogP contribution in [-0.4, -0.2) is 42.2 Å². The third-order valence-electron chi connectivity index (χ3n) is 2.49. The Morgan fingerprint density at radius 3 is 2.75 bits per heavy atom. The van der Waals surface area contributed by atoms with Gasteiger partial charge in [-0.3, -0.25) is 0 Å². The van der Waals surface area contributed by atoms with Crippen LogP contribution >= 0.6 is 11.6 Å². The Morgan fingerprint density at radius 1 is 1.44 bits per heavy atom. The monoisotopic (exact) mass is 241 g/mol. The van der Waals surface area contributed by atoms with Crippen LogP contribution < -0.4 is 10.2 Å². The minimum Gasteiger partial charge on any atom is -0.478 e. The zero-order chi connectivity index (χ0) is 11.5. The number of halogens is 1. The molecule has 1 fully saturated rings. The van der Waals surface area contributed by atoms with E-state index < -0.39 is 5.97 Å². The molecule has 16 heavy (non-hydrogen) atoms. The van der Waals surface area contributed by atoms with Crippen LogP contribution in [0.1, 0.15) is 10.4 Å². The second-order valence-corrected chi connectivity index (χ2v) is 3.93. The van der Waals surface area contributed by atoms with Crippen molar-refractivity contribution in [1.29, 1.82) is 0 Å². The van der Waals surface area contributed by atoms with Gasteiger partial charge >= 0.3 is 5.97 Å². The molecule has 0 aliphatic carbocycles. The summed E-state index contributed by atoms with van der Waals surface area (Å²) in [5, 5.41) is 12.6. The third-order valence-corrected chi connectivity index (χ3v) is 2.70. The summed E-state index contributed by atoms with van der Waals surface area (Å²) in [6.07, 6.45) is 0. The van der Waals surface area contributed by atoms with E-state index in [0.29, 0.717) is 11.0 Å². The smallest absolute Gasteiger partial charge is 0.339 e. The molecule has 1 aromatic rings. The molecule has 1 aromatic heterocycles. The number of piperazine rings is 1. The van der Waals surface area contributed by atoms with E-state index in [0.717, 1.165) is 26.2 Å². The lowest BCUT2D eigenvalue weighted by atomic mass is 10.2. The Balaban J connectivity index is 2.36. The molecule has 6 heteroatoms. The molecule has 1 saturated heterocycles. The zero-order valence-electron chi connectivity index (χ0n) is 8.61. The first-order valence-corrected chi connectivity index (χ1v) is 5.42. The van der Waals surface area contributed by atoms with Crippen molar-refractivity contribution in [1.82, 2.24) is 10.3 Å². The number of hydrogen-bond acceptors (Lipinski definition) is 4. The van der Waals surface area contributed by atoms with Crippen molar-refractivity contribution < 1.29 is 9.90 Å². The molecular weight excluding hydrogens is 230 g/mol. The summed E-state index contributed by atoms with van der Waals surface area (Å²) in [7, 11) is 0. The first kappa shape index (κ1) is 11.2. The number of pyridine rings is 1. The molecule has 0 spiro atoms. The van der Waals surface area contributed by atoms with Crippen LogP contribution in [0.25, 0.3) is 0 Å². The van der Waals surface area contributed by atoms with E-state index in [1.807, 2.05) is 4.90 Å². The Morgan fingerprint density at radius 2 is 2.12 bits per heavy atom. The van der Waals surface area contributed by atoms with E-state index >= 15 is 0 Å². The fourth-order valence-electron chi connectivity index (χ4n) is 1.71. The van der Waals surface area contributed by atoms with E-state index in [-0.39, 0.29) is 5.56 Å². The molecule has 1 aliphatic rings. The summed E-state index contributed by atoms with van der Waals surface area (Å²) < 4.78 is 0. The number of anilines is 1. The van der Waals surface area contributed by atoms with Gasteiger partial charge in [0.25, 0.3) is 0 Å². The molecule has 0 saturated carbocycles. The lowest BCUT2D eigenvalue weighted by molar-refractivity contribution is 0.0697. The minimum atomic E-state index is -0.974. The zero-order valence-corrected chi connectivity index (χ0v) is 9.37. The normalized spacial score (nSPS) is 16.2. The molecular formula is C10H12ClN3O2. The molecule has 0 atom stereocenters. The summed E-state index contributed by atoms with van der Waals surface area (Å²) in [4.78, 5) is 17.1. The van der Waals surface area contributed by atoms with Crippen LogP contribution in [-0.2, 0) is 0 Å². The molecule has 5 nitrogen and oxygen atoms in total. The Kier molecular flexibility index (Phi) is 3.26. The molecule has 2 rings (SSSR count).